The number of nitrogens with zero attached hydrogens (tertiary/aromatic N) is 1. The average molecular weight is 402 g/mol. The number of carbonyl (C=O) groups is 2. The Hall–Kier alpha value is -3.13. The number of amides is 1. The van der Waals surface area contributed by atoms with Crippen molar-refractivity contribution in [2.75, 3.05) is 6.61 Å². The Morgan fingerprint density at radius 1 is 1.18 bits per heavy atom. The maximum absolute atomic E-state index is 13.7. The number of hydrogen-bond donors (Lipinski definition) is 1. The van der Waals surface area contributed by atoms with Crippen molar-refractivity contribution in [3.63, 3.8) is 0 Å². The van der Waals surface area contributed by atoms with Crippen molar-refractivity contribution in [1.82, 2.24) is 10.3 Å². The van der Waals surface area contributed by atoms with Crippen LogP contribution in [-0.2, 0) is 9.53 Å². The van der Waals surface area contributed by atoms with E-state index in [2.05, 4.69) is 10.3 Å². The van der Waals surface area contributed by atoms with E-state index < -0.39 is 36.2 Å². The van der Waals surface area contributed by atoms with Gasteiger partial charge in [-0.05, 0) is 13.0 Å². The van der Waals surface area contributed by atoms with E-state index in [9.17, 15) is 18.4 Å². The van der Waals surface area contributed by atoms with E-state index in [1.807, 2.05) is 30.3 Å². The zero-order valence-corrected chi connectivity index (χ0v) is 15.6. The molecule has 2 aromatic carbocycles. The normalized spacial score (nSPS) is 11.7. The van der Waals surface area contributed by atoms with Gasteiger partial charge < -0.3 is 10.1 Å². The minimum Gasteiger partial charge on any atom is -0.451 e. The van der Waals surface area contributed by atoms with Crippen LogP contribution in [0.1, 0.15) is 29.0 Å². The molecule has 0 bridgehead atoms. The van der Waals surface area contributed by atoms with Gasteiger partial charge in [0.05, 0.1) is 6.04 Å². The molecule has 0 aliphatic heterocycles. The van der Waals surface area contributed by atoms with Gasteiger partial charge in [0.2, 0.25) is 0 Å². The van der Waals surface area contributed by atoms with Crippen molar-refractivity contribution in [2.45, 2.75) is 13.0 Å². The number of hydrogen-bond acceptors (Lipinski definition) is 5. The maximum atomic E-state index is 13.7. The number of ether oxygens (including phenoxy) is 1. The second-order valence-electron chi connectivity index (χ2n) is 5.94. The number of aromatic nitrogens is 1. The zero-order chi connectivity index (χ0) is 20.1. The van der Waals surface area contributed by atoms with Crippen LogP contribution >= 0.6 is 11.3 Å². The fourth-order valence-corrected chi connectivity index (χ4v) is 3.29. The molecular weight excluding hydrogens is 386 g/mol. The van der Waals surface area contributed by atoms with Gasteiger partial charge >= 0.3 is 5.97 Å². The molecule has 1 amide bonds. The summed E-state index contributed by atoms with van der Waals surface area (Å²) in [4.78, 5) is 28.3. The van der Waals surface area contributed by atoms with Crippen LogP contribution in [0, 0.1) is 11.6 Å². The summed E-state index contributed by atoms with van der Waals surface area (Å²) in [5, 5.41) is 4.72. The molecule has 0 spiro atoms. The number of nitrogens with one attached hydrogen (secondary N) is 1. The molecule has 0 aliphatic carbocycles. The summed E-state index contributed by atoms with van der Waals surface area (Å²) in [6.07, 6.45) is 0. The first-order valence-corrected chi connectivity index (χ1v) is 9.24. The van der Waals surface area contributed by atoms with Crippen molar-refractivity contribution in [3.8, 4) is 10.6 Å². The smallest absolute Gasteiger partial charge is 0.358 e. The fourth-order valence-electron chi connectivity index (χ4n) is 2.50. The van der Waals surface area contributed by atoms with Gasteiger partial charge in [-0.1, -0.05) is 36.4 Å². The van der Waals surface area contributed by atoms with Gasteiger partial charge in [-0.2, -0.15) is 0 Å². The van der Waals surface area contributed by atoms with Gasteiger partial charge in [0.15, 0.2) is 12.3 Å². The number of carbonyl (C=O) groups excluding carboxylic acids is 2. The van der Waals surface area contributed by atoms with E-state index in [1.54, 1.807) is 12.3 Å². The third-order valence-corrected chi connectivity index (χ3v) is 4.77. The molecule has 0 aliphatic rings. The van der Waals surface area contributed by atoms with Crippen LogP contribution in [0.25, 0.3) is 10.6 Å². The van der Waals surface area contributed by atoms with Crippen LogP contribution < -0.4 is 5.32 Å². The molecule has 28 heavy (non-hydrogen) atoms. The minimum atomic E-state index is -0.763. The lowest BCUT2D eigenvalue weighted by atomic mass is 10.1. The monoisotopic (exact) mass is 402 g/mol. The summed E-state index contributed by atoms with van der Waals surface area (Å²) in [7, 11) is 0. The molecule has 1 heterocycles. The zero-order valence-electron chi connectivity index (χ0n) is 14.8. The van der Waals surface area contributed by atoms with Crippen molar-refractivity contribution in [1.29, 1.82) is 0 Å². The molecule has 0 radical (unpaired) electrons. The third-order valence-electron chi connectivity index (χ3n) is 3.87. The van der Waals surface area contributed by atoms with Crippen molar-refractivity contribution < 1.29 is 23.1 Å². The Bertz CT molecular complexity index is 992. The van der Waals surface area contributed by atoms with E-state index in [1.165, 1.54) is 17.4 Å². The Morgan fingerprint density at radius 2 is 1.93 bits per heavy atom. The number of thiazole rings is 1. The van der Waals surface area contributed by atoms with Crippen molar-refractivity contribution in [3.05, 3.63) is 76.8 Å². The van der Waals surface area contributed by atoms with Gasteiger partial charge in [-0.3, -0.25) is 4.79 Å². The standard InChI is InChI=1S/C20H16F2N2O3S/c1-12(15-8-7-14(21)9-16(15)22)23-18(25)10-27-20(26)17-11-28-19(24-17)13-5-3-2-4-6-13/h2-9,11-12H,10H2,1H3,(H,23,25)/t12-/m0/s1. The first-order chi connectivity index (χ1) is 13.4. The number of benzene rings is 2. The van der Waals surface area contributed by atoms with Crippen LogP contribution in [0.2, 0.25) is 0 Å². The quantitative estimate of drug-likeness (QED) is 0.630. The lowest BCUT2D eigenvalue weighted by molar-refractivity contribution is -0.124. The molecule has 5 nitrogen and oxygen atoms in total. The highest BCUT2D eigenvalue weighted by molar-refractivity contribution is 7.13. The number of halogens is 2. The molecule has 0 unspecified atom stereocenters. The number of rotatable bonds is 6. The molecule has 0 saturated heterocycles. The predicted molar refractivity (Wildman–Crippen MR) is 101 cm³/mol. The largest absolute Gasteiger partial charge is 0.451 e. The second kappa shape index (κ2) is 8.71. The fraction of sp³-hybridized carbons (Fsp3) is 0.150. The Morgan fingerprint density at radius 3 is 2.64 bits per heavy atom. The van der Waals surface area contributed by atoms with E-state index in [-0.39, 0.29) is 11.3 Å². The van der Waals surface area contributed by atoms with E-state index >= 15 is 0 Å². The summed E-state index contributed by atoms with van der Waals surface area (Å²) in [5.74, 6) is -2.80. The molecule has 144 valence electrons. The van der Waals surface area contributed by atoms with Gasteiger partial charge in [0.1, 0.15) is 16.6 Å². The highest BCUT2D eigenvalue weighted by Gasteiger charge is 2.17. The maximum Gasteiger partial charge on any atom is 0.358 e. The van der Waals surface area contributed by atoms with Crippen LogP contribution in [0.3, 0.4) is 0 Å². The second-order valence-corrected chi connectivity index (χ2v) is 6.79. The highest BCUT2D eigenvalue weighted by Crippen LogP contribution is 2.23. The molecule has 1 atom stereocenters. The Balaban J connectivity index is 1.54. The van der Waals surface area contributed by atoms with E-state index in [0.29, 0.717) is 5.01 Å². The highest BCUT2D eigenvalue weighted by atomic mass is 32.1. The summed E-state index contributed by atoms with van der Waals surface area (Å²) in [6.45, 7) is 1.01. The Kier molecular flexibility index (Phi) is 6.10. The Labute approximate surface area is 164 Å². The third kappa shape index (κ3) is 4.77. The van der Waals surface area contributed by atoms with E-state index in [0.717, 1.165) is 17.7 Å². The first kappa shape index (κ1) is 19.6. The van der Waals surface area contributed by atoms with Crippen LogP contribution in [0.15, 0.2) is 53.9 Å². The van der Waals surface area contributed by atoms with Gasteiger partial charge in [0.25, 0.3) is 5.91 Å². The summed E-state index contributed by atoms with van der Waals surface area (Å²) in [5.41, 5.74) is 1.11. The molecular formula is C20H16F2N2O3S. The molecule has 0 saturated carbocycles. The molecule has 1 aromatic heterocycles. The molecule has 3 rings (SSSR count). The van der Waals surface area contributed by atoms with Crippen molar-refractivity contribution in [2.24, 2.45) is 0 Å². The summed E-state index contributed by atoms with van der Waals surface area (Å²) < 4.78 is 31.7. The predicted octanol–water partition coefficient (Wildman–Crippen LogP) is 4.12. The molecule has 0 fully saturated rings. The minimum absolute atomic E-state index is 0.106. The van der Waals surface area contributed by atoms with Gasteiger partial charge in [0, 0.05) is 22.6 Å². The van der Waals surface area contributed by atoms with Crippen LogP contribution in [0.4, 0.5) is 8.78 Å². The van der Waals surface area contributed by atoms with Crippen molar-refractivity contribution >= 4 is 23.2 Å². The summed E-state index contributed by atoms with van der Waals surface area (Å²) >= 11 is 1.29. The van der Waals surface area contributed by atoms with Crippen LogP contribution in [-0.4, -0.2) is 23.5 Å². The average Bonchev–Trinajstić information content (AvgIpc) is 3.17. The topological polar surface area (TPSA) is 68.3 Å². The molecule has 3 aromatic rings. The lowest BCUT2D eigenvalue weighted by Gasteiger charge is -2.15. The van der Waals surface area contributed by atoms with Gasteiger partial charge in [-0.25, -0.2) is 18.6 Å². The van der Waals surface area contributed by atoms with E-state index in [4.69, 9.17) is 4.74 Å². The molecule has 1 N–H and O–H groups in total. The lowest BCUT2D eigenvalue weighted by Crippen LogP contribution is -2.31. The SMILES string of the molecule is C[C@H](NC(=O)COC(=O)c1csc(-c2ccccc2)n1)c1ccc(F)cc1F. The summed E-state index contributed by atoms with van der Waals surface area (Å²) in [6, 6.07) is 11.7. The molecule has 8 heteroatoms. The van der Waals surface area contributed by atoms with Crippen LogP contribution in [0.5, 0.6) is 0 Å². The first-order valence-electron chi connectivity index (χ1n) is 8.36. The van der Waals surface area contributed by atoms with Gasteiger partial charge in [-0.15, -0.1) is 11.3 Å². The number of esters is 1.